The summed E-state index contributed by atoms with van der Waals surface area (Å²) >= 11 is 0. The molecule has 16 heavy (non-hydrogen) atoms. The molecule has 0 unspecified atom stereocenters. The Kier molecular flexibility index (Phi) is 3.51. The molecule has 0 spiro atoms. The zero-order valence-corrected chi connectivity index (χ0v) is 9.48. The number of hydrogen-bond donors (Lipinski definition) is 0. The largest absolute Gasteiger partial charge is 0.378 e. The standard InChI is InChI=1S/C12H16N2O2/c1-10(15)8-11-9-13-3-2-12(11)14-4-6-16-7-5-14/h2-3,9H,4-8H2,1H3. The van der Waals surface area contributed by atoms with E-state index in [1.54, 1.807) is 19.3 Å². The van der Waals surface area contributed by atoms with Gasteiger partial charge in [-0.25, -0.2) is 0 Å². The summed E-state index contributed by atoms with van der Waals surface area (Å²) in [6.07, 6.45) is 4.02. The highest BCUT2D eigenvalue weighted by Crippen LogP contribution is 2.20. The lowest BCUT2D eigenvalue weighted by Gasteiger charge is -2.30. The zero-order chi connectivity index (χ0) is 11.4. The quantitative estimate of drug-likeness (QED) is 0.763. The number of ether oxygens (including phenoxy) is 1. The maximum absolute atomic E-state index is 11.2. The molecule has 2 rings (SSSR count). The highest BCUT2D eigenvalue weighted by molar-refractivity contribution is 5.80. The third-order valence-electron chi connectivity index (χ3n) is 2.67. The van der Waals surface area contributed by atoms with Crippen LogP contribution in [-0.2, 0) is 16.0 Å². The van der Waals surface area contributed by atoms with Gasteiger partial charge in [0.2, 0.25) is 0 Å². The average molecular weight is 220 g/mol. The van der Waals surface area contributed by atoms with E-state index in [0.717, 1.165) is 37.6 Å². The Morgan fingerprint density at radius 2 is 2.25 bits per heavy atom. The van der Waals surface area contributed by atoms with Gasteiger partial charge in [0.25, 0.3) is 0 Å². The van der Waals surface area contributed by atoms with Crippen LogP contribution >= 0.6 is 0 Å². The van der Waals surface area contributed by atoms with E-state index in [4.69, 9.17) is 4.74 Å². The van der Waals surface area contributed by atoms with Crippen LogP contribution in [0.25, 0.3) is 0 Å². The fourth-order valence-electron chi connectivity index (χ4n) is 1.94. The molecule has 0 N–H and O–H groups in total. The van der Waals surface area contributed by atoms with Crippen molar-refractivity contribution in [3.05, 3.63) is 24.0 Å². The monoisotopic (exact) mass is 220 g/mol. The summed E-state index contributed by atoms with van der Waals surface area (Å²) in [5, 5.41) is 0. The number of rotatable bonds is 3. The highest BCUT2D eigenvalue weighted by Gasteiger charge is 2.15. The van der Waals surface area contributed by atoms with Gasteiger partial charge in [-0.3, -0.25) is 9.78 Å². The first-order chi connectivity index (χ1) is 7.77. The minimum atomic E-state index is 0.169. The van der Waals surface area contributed by atoms with E-state index in [2.05, 4.69) is 9.88 Å². The molecule has 1 saturated heterocycles. The van der Waals surface area contributed by atoms with E-state index >= 15 is 0 Å². The Balaban J connectivity index is 2.20. The van der Waals surface area contributed by atoms with Crippen molar-refractivity contribution in [3.63, 3.8) is 0 Å². The summed E-state index contributed by atoms with van der Waals surface area (Å²) in [6, 6.07) is 1.98. The van der Waals surface area contributed by atoms with Crippen LogP contribution in [0.15, 0.2) is 18.5 Å². The number of ketones is 1. The van der Waals surface area contributed by atoms with Crippen molar-refractivity contribution in [2.24, 2.45) is 0 Å². The Labute approximate surface area is 95.2 Å². The first kappa shape index (κ1) is 11.1. The SMILES string of the molecule is CC(=O)Cc1cnccc1N1CCOCC1. The van der Waals surface area contributed by atoms with Gasteiger partial charge in [0.15, 0.2) is 0 Å². The topological polar surface area (TPSA) is 42.4 Å². The molecule has 0 amide bonds. The van der Waals surface area contributed by atoms with E-state index in [1.165, 1.54) is 0 Å². The molecule has 1 aliphatic rings. The lowest BCUT2D eigenvalue weighted by atomic mass is 10.1. The second-order valence-corrected chi connectivity index (χ2v) is 3.98. The third kappa shape index (κ3) is 2.58. The van der Waals surface area contributed by atoms with E-state index in [9.17, 15) is 4.79 Å². The van der Waals surface area contributed by atoms with Gasteiger partial charge in [-0.1, -0.05) is 0 Å². The van der Waals surface area contributed by atoms with Crippen LogP contribution in [0.3, 0.4) is 0 Å². The number of anilines is 1. The zero-order valence-electron chi connectivity index (χ0n) is 9.48. The number of nitrogens with zero attached hydrogens (tertiary/aromatic N) is 2. The fraction of sp³-hybridized carbons (Fsp3) is 0.500. The summed E-state index contributed by atoms with van der Waals surface area (Å²) in [7, 11) is 0. The van der Waals surface area contributed by atoms with Gasteiger partial charge in [-0.2, -0.15) is 0 Å². The van der Waals surface area contributed by atoms with Crippen molar-refractivity contribution in [1.29, 1.82) is 0 Å². The van der Waals surface area contributed by atoms with E-state index in [1.807, 2.05) is 6.07 Å². The average Bonchev–Trinajstić information content (AvgIpc) is 2.30. The van der Waals surface area contributed by atoms with Crippen molar-refractivity contribution in [2.45, 2.75) is 13.3 Å². The number of carbonyl (C=O) groups excluding carboxylic acids is 1. The molecule has 86 valence electrons. The van der Waals surface area contributed by atoms with Gasteiger partial charge in [0.1, 0.15) is 5.78 Å². The number of morpholine rings is 1. The Morgan fingerprint density at radius 3 is 2.94 bits per heavy atom. The van der Waals surface area contributed by atoms with Gasteiger partial charge in [-0.05, 0) is 13.0 Å². The molecule has 4 heteroatoms. The van der Waals surface area contributed by atoms with Crippen LogP contribution in [0.4, 0.5) is 5.69 Å². The van der Waals surface area contributed by atoms with Gasteiger partial charge in [0.05, 0.1) is 13.2 Å². The molecule has 1 aromatic heterocycles. The molecule has 1 aromatic rings. The Hall–Kier alpha value is -1.42. The molecule has 1 fully saturated rings. The van der Waals surface area contributed by atoms with Crippen LogP contribution in [0.2, 0.25) is 0 Å². The lowest BCUT2D eigenvalue weighted by molar-refractivity contribution is -0.116. The van der Waals surface area contributed by atoms with E-state index in [0.29, 0.717) is 6.42 Å². The molecule has 0 aliphatic carbocycles. The van der Waals surface area contributed by atoms with E-state index < -0.39 is 0 Å². The van der Waals surface area contributed by atoms with Crippen LogP contribution in [0.5, 0.6) is 0 Å². The summed E-state index contributed by atoms with van der Waals surface area (Å²) in [6.45, 7) is 4.88. The molecule has 0 bridgehead atoms. The minimum absolute atomic E-state index is 0.169. The number of aromatic nitrogens is 1. The van der Waals surface area contributed by atoms with Gasteiger partial charge in [0, 0.05) is 43.2 Å². The smallest absolute Gasteiger partial charge is 0.134 e. The first-order valence-electron chi connectivity index (χ1n) is 5.52. The molecule has 1 aliphatic heterocycles. The maximum atomic E-state index is 11.2. The van der Waals surface area contributed by atoms with Crippen molar-refractivity contribution in [3.8, 4) is 0 Å². The van der Waals surface area contributed by atoms with Crippen molar-refractivity contribution < 1.29 is 9.53 Å². The van der Waals surface area contributed by atoms with Crippen LogP contribution in [0.1, 0.15) is 12.5 Å². The van der Waals surface area contributed by atoms with Crippen molar-refractivity contribution >= 4 is 11.5 Å². The molecular formula is C12H16N2O2. The predicted octanol–water partition coefficient (Wildman–Crippen LogP) is 1.05. The minimum Gasteiger partial charge on any atom is -0.378 e. The van der Waals surface area contributed by atoms with Gasteiger partial charge < -0.3 is 9.64 Å². The molecule has 0 radical (unpaired) electrons. The van der Waals surface area contributed by atoms with Crippen LogP contribution < -0.4 is 4.90 Å². The van der Waals surface area contributed by atoms with Crippen LogP contribution in [-0.4, -0.2) is 37.1 Å². The van der Waals surface area contributed by atoms with Crippen molar-refractivity contribution in [2.75, 3.05) is 31.2 Å². The highest BCUT2D eigenvalue weighted by atomic mass is 16.5. The molecule has 0 aromatic carbocycles. The number of carbonyl (C=O) groups is 1. The normalized spacial score (nSPS) is 16.2. The van der Waals surface area contributed by atoms with Gasteiger partial charge >= 0.3 is 0 Å². The van der Waals surface area contributed by atoms with Gasteiger partial charge in [-0.15, -0.1) is 0 Å². The summed E-state index contributed by atoms with van der Waals surface area (Å²) in [4.78, 5) is 17.5. The summed E-state index contributed by atoms with van der Waals surface area (Å²) < 4.78 is 5.32. The fourth-order valence-corrected chi connectivity index (χ4v) is 1.94. The number of hydrogen-bond acceptors (Lipinski definition) is 4. The second-order valence-electron chi connectivity index (χ2n) is 3.98. The third-order valence-corrected chi connectivity index (χ3v) is 2.67. The first-order valence-corrected chi connectivity index (χ1v) is 5.52. The maximum Gasteiger partial charge on any atom is 0.134 e. The Bertz CT molecular complexity index is 373. The molecule has 0 atom stereocenters. The summed E-state index contributed by atoms with van der Waals surface area (Å²) in [5.74, 6) is 0.169. The second kappa shape index (κ2) is 5.07. The summed E-state index contributed by atoms with van der Waals surface area (Å²) in [5.41, 5.74) is 2.13. The van der Waals surface area contributed by atoms with E-state index in [-0.39, 0.29) is 5.78 Å². The Morgan fingerprint density at radius 1 is 1.50 bits per heavy atom. The molecule has 0 saturated carbocycles. The lowest BCUT2D eigenvalue weighted by Crippen LogP contribution is -2.36. The molecule has 4 nitrogen and oxygen atoms in total. The molecule has 2 heterocycles. The number of pyridine rings is 1. The molecular weight excluding hydrogens is 204 g/mol. The number of Topliss-reactive ketones (excluding diaryl/α,β-unsaturated/α-hetero) is 1. The van der Waals surface area contributed by atoms with Crippen molar-refractivity contribution in [1.82, 2.24) is 4.98 Å². The predicted molar refractivity (Wildman–Crippen MR) is 61.7 cm³/mol. The van der Waals surface area contributed by atoms with Crippen LogP contribution in [0, 0.1) is 0 Å².